The Bertz CT molecular complexity index is 1670. The SMILES string of the molecule is Nc1nc2c(-c3ccc(S(=O)(=O)NCC4CCNC4)c(S(N)(=O)=O)c3-c3nn[nH]n3)cccc2s1.O=C[O-]. The largest absolute Gasteiger partial charge is 0.554 e. The number of fused-ring (bicyclic) bond motifs is 1. The number of tetrazole rings is 1. The number of para-hydroxylation sites is 1. The number of anilines is 1. The van der Waals surface area contributed by atoms with Crippen molar-refractivity contribution in [3.63, 3.8) is 0 Å². The minimum atomic E-state index is -4.58. The van der Waals surface area contributed by atoms with Gasteiger partial charge in [-0.2, -0.15) is 5.21 Å². The quantitative estimate of drug-likeness (QED) is 0.159. The number of thiazole rings is 1. The number of carboxylic acid groups (broad SMARTS) is 1. The molecule has 1 aliphatic rings. The zero-order valence-corrected chi connectivity index (χ0v) is 21.9. The van der Waals surface area contributed by atoms with Gasteiger partial charge in [0.05, 0.1) is 15.8 Å². The van der Waals surface area contributed by atoms with E-state index in [1.54, 1.807) is 12.1 Å². The number of nitrogens with one attached hydrogen (secondary N) is 3. The lowest BCUT2D eigenvalue weighted by Gasteiger charge is -2.17. The van der Waals surface area contributed by atoms with Crippen molar-refractivity contribution in [3.05, 3.63) is 30.3 Å². The number of rotatable bonds is 7. The van der Waals surface area contributed by atoms with Gasteiger partial charge in [-0.05, 0) is 48.3 Å². The molecule has 18 heteroatoms. The predicted octanol–water partition coefficient (Wildman–Crippen LogP) is -1.37. The third kappa shape index (κ3) is 5.64. The molecule has 0 bridgehead atoms. The van der Waals surface area contributed by atoms with Gasteiger partial charge >= 0.3 is 0 Å². The molecule has 5 rings (SSSR count). The number of hydrogen-bond acceptors (Lipinski definition) is 13. The highest BCUT2D eigenvalue weighted by molar-refractivity contribution is 7.92. The lowest BCUT2D eigenvalue weighted by Crippen LogP contribution is -2.32. The first-order valence-corrected chi connectivity index (χ1v) is 14.8. The van der Waals surface area contributed by atoms with E-state index < -0.39 is 36.3 Å². The number of carbonyl (C=O) groups excluding carboxylic acids is 1. The minimum absolute atomic E-state index is 0.0892. The van der Waals surface area contributed by atoms with Crippen LogP contribution in [0.15, 0.2) is 40.1 Å². The van der Waals surface area contributed by atoms with Gasteiger partial charge in [-0.25, -0.2) is 31.7 Å². The van der Waals surface area contributed by atoms with Crippen LogP contribution in [0.5, 0.6) is 0 Å². The Morgan fingerprint density at radius 1 is 1.18 bits per heavy atom. The molecule has 1 fully saturated rings. The Labute approximate surface area is 220 Å². The highest BCUT2D eigenvalue weighted by atomic mass is 32.2. The summed E-state index contributed by atoms with van der Waals surface area (Å²) in [5.74, 6) is -0.0485. The lowest BCUT2D eigenvalue weighted by atomic mass is 9.98. The molecule has 7 N–H and O–H groups in total. The molecule has 0 aliphatic carbocycles. The van der Waals surface area contributed by atoms with Crippen LogP contribution in [-0.2, 0) is 24.8 Å². The van der Waals surface area contributed by atoms with Crippen LogP contribution in [0.3, 0.4) is 0 Å². The van der Waals surface area contributed by atoms with Gasteiger partial charge in [0, 0.05) is 18.6 Å². The summed E-state index contributed by atoms with van der Waals surface area (Å²) in [7, 11) is -8.85. The van der Waals surface area contributed by atoms with E-state index in [-0.39, 0.29) is 23.9 Å². The second-order valence-corrected chi connectivity index (χ2v) is 12.4. The fourth-order valence-corrected chi connectivity index (χ4v) is 7.63. The topological polar surface area (TPSA) is 252 Å². The van der Waals surface area contributed by atoms with Gasteiger partial charge in [0.15, 0.2) is 5.13 Å². The van der Waals surface area contributed by atoms with Gasteiger partial charge in [-0.3, -0.25) is 0 Å². The second kappa shape index (κ2) is 11.1. The fourth-order valence-electron chi connectivity index (χ4n) is 4.15. The van der Waals surface area contributed by atoms with E-state index in [4.69, 9.17) is 20.8 Å². The summed E-state index contributed by atoms with van der Waals surface area (Å²) in [6.07, 6.45) is 0.804. The van der Waals surface area contributed by atoms with E-state index >= 15 is 0 Å². The first kappa shape index (κ1) is 27.5. The van der Waals surface area contributed by atoms with Crippen molar-refractivity contribution in [2.45, 2.75) is 16.2 Å². The summed E-state index contributed by atoms with van der Waals surface area (Å²) in [6.45, 7) is 1.10. The standard InChI is InChI=1S/C19H21N9O4S3.CH2O2/c20-19-24-16-12(2-1-3-13(16)33-19)11-4-5-14(35(31,32)23-9-10-6-7-22-8-10)17(34(21,29)30)15(11)18-25-27-28-26-18;2-1-3/h1-5,10,22-23H,6-9H2,(H2,20,24)(H2,21,29,30)(H,25,26,27,28);1H,(H,2,3)/p-1. The Kier molecular flexibility index (Phi) is 7.99. The van der Waals surface area contributed by atoms with Gasteiger partial charge < -0.3 is 21.0 Å². The number of sulfonamides is 2. The molecule has 4 aromatic rings. The van der Waals surface area contributed by atoms with Crippen molar-refractivity contribution < 1.29 is 26.7 Å². The van der Waals surface area contributed by atoms with E-state index in [9.17, 15) is 16.8 Å². The van der Waals surface area contributed by atoms with Crippen molar-refractivity contribution in [2.75, 3.05) is 25.4 Å². The molecule has 1 aliphatic heterocycles. The number of benzene rings is 2. The number of carbonyl (C=O) groups is 1. The molecule has 2 aromatic carbocycles. The molecular weight excluding hydrogens is 558 g/mol. The summed E-state index contributed by atoms with van der Waals surface area (Å²) in [4.78, 5) is 11.5. The number of aromatic nitrogens is 5. The number of nitrogens with zero attached hydrogens (tertiary/aromatic N) is 4. The van der Waals surface area contributed by atoms with Gasteiger partial charge in [-0.15, -0.1) is 10.2 Å². The maximum Gasteiger partial charge on any atom is 0.241 e. The number of primary sulfonamides is 1. The van der Waals surface area contributed by atoms with Gasteiger partial charge in [0.1, 0.15) is 9.79 Å². The Hall–Kier alpha value is -3.55. The molecule has 2 aromatic heterocycles. The zero-order valence-electron chi connectivity index (χ0n) is 19.5. The van der Waals surface area contributed by atoms with Crippen LogP contribution in [0.1, 0.15) is 6.42 Å². The van der Waals surface area contributed by atoms with Crippen LogP contribution in [-0.4, -0.2) is 68.6 Å². The van der Waals surface area contributed by atoms with E-state index in [2.05, 4.69) is 35.6 Å². The van der Waals surface area contributed by atoms with Crippen LogP contribution in [0.2, 0.25) is 0 Å². The van der Waals surface area contributed by atoms with Crippen molar-refractivity contribution >= 4 is 53.2 Å². The molecule has 3 heterocycles. The third-order valence-corrected chi connectivity index (χ3v) is 9.15. The monoisotopic (exact) mass is 580 g/mol. The molecular formula is C20H22N9O6S3-. The van der Waals surface area contributed by atoms with Crippen molar-refractivity contribution in [1.82, 2.24) is 35.6 Å². The smallest absolute Gasteiger partial charge is 0.241 e. The van der Waals surface area contributed by atoms with Crippen LogP contribution in [0.4, 0.5) is 5.13 Å². The maximum absolute atomic E-state index is 13.3. The number of hydrogen-bond donors (Lipinski definition) is 5. The molecule has 1 unspecified atom stereocenters. The van der Waals surface area contributed by atoms with Gasteiger partial charge in [0.2, 0.25) is 25.9 Å². The number of nitrogens with two attached hydrogens (primary N) is 2. The Balaban J connectivity index is 0.00000107. The number of H-pyrrole nitrogens is 1. The lowest BCUT2D eigenvalue weighted by molar-refractivity contribution is -0.283. The molecule has 0 saturated carbocycles. The first-order valence-electron chi connectivity index (χ1n) is 10.9. The van der Waals surface area contributed by atoms with E-state index in [0.29, 0.717) is 28.3 Å². The van der Waals surface area contributed by atoms with Crippen LogP contribution in [0.25, 0.3) is 32.7 Å². The van der Waals surface area contributed by atoms with Crippen LogP contribution >= 0.6 is 11.3 Å². The number of nitrogen functional groups attached to an aromatic ring is 1. The summed E-state index contributed by atoms with van der Waals surface area (Å²) in [6, 6.07) is 7.99. The zero-order chi connectivity index (χ0) is 27.5. The molecule has 1 atom stereocenters. The van der Waals surface area contributed by atoms with Crippen molar-refractivity contribution in [3.8, 4) is 22.5 Å². The molecule has 0 spiro atoms. The Morgan fingerprint density at radius 3 is 2.58 bits per heavy atom. The predicted molar refractivity (Wildman–Crippen MR) is 136 cm³/mol. The number of aromatic amines is 1. The van der Waals surface area contributed by atoms with E-state index in [0.717, 1.165) is 17.7 Å². The maximum atomic E-state index is 13.3. The molecule has 15 nitrogen and oxygen atoms in total. The van der Waals surface area contributed by atoms with E-state index in [1.165, 1.54) is 23.5 Å². The highest BCUT2D eigenvalue weighted by Crippen LogP contribution is 2.41. The van der Waals surface area contributed by atoms with Crippen LogP contribution in [0, 0.1) is 5.92 Å². The minimum Gasteiger partial charge on any atom is -0.554 e. The average molecular weight is 581 g/mol. The van der Waals surface area contributed by atoms with Crippen LogP contribution < -0.4 is 26.0 Å². The summed E-state index contributed by atoms with van der Waals surface area (Å²) in [5.41, 5.74) is 7.12. The van der Waals surface area contributed by atoms with Crippen molar-refractivity contribution in [2.24, 2.45) is 11.1 Å². The fraction of sp³-hybridized carbons (Fsp3) is 0.250. The highest BCUT2D eigenvalue weighted by Gasteiger charge is 2.33. The third-order valence-electron chi connectivity index (χ3n) is 5.71. The normalized spacial score (nSPS) is 15.8. The average Bonchev–Trinajstić information content (AvgIpc) is 3.63. The van der Waals surface area contributed by atoms with E-state index in [1.807, 2.05) is 6.07 Å². The van der Waals surface area contributed by atoms with Gasteiger partial charge in [-0.1, -0.05) is 29.5 Å². The second-order valence-electron chi connectivity index (χ2n) is 8.11. The first-order chi connectivity index (χ1) is 18.1. The Morgan fingerprint density at radius 2 is 1.95 bits per heavy atom. The molecule has 202 valence electrons. The molecule has 0 amide bonds. The van der Waals surface area contributed by atoms with Gasteiger partial charge in [0.25, 0.3) is 0 Å². The molecule has 38 heavy (non-hydrogen) atoms. The summed E-state index contributed by atoms with van der Waals surface area (Å²) >= 11 is 1.26. The van der Waals surface area contributed by atoms with Crippen molar-refractivity contribution in [1.29, 1.82) is 0 Å². The molecule has 1 saturated heterocycles. The summed E-state index contributed by atoms with van der Waals surface area (Å²) < 4.78 is 55.6. The molecule has 0 radical (unpaired) electrons. The summed E-state index contributed by atoms with van der Waals surface area (Å²) in [5, 5.41) is 31.0.